The van der Waals surface area contributed by atoms with E-state index in [1.807, 2.05) is 12.1 Å². The number of nitrogens with two attached hydrogens (primary N) is 1. The van der Waals surface area contributed by atoms with Crippen molar-refractivity contribution in [3.63, 3.8) is 0 Å². The summed E-state index contributed by atoms with van der Waals surface area (Å²) in [6.07, 6.45) is 0.590. The lowest BCUT2D eigenvalue weighted by atomic mass is 10.0. The molecule has 0 radical (unpaired) electrons. The van der Waals surface area contributed by atoms with Gasteiger partial charge < -0.3 is 10.5 Å². The molecular formula is C15H13ClFNO. The van der Waals surface area contributed by atoms with Crippen LogP contribution in [-0.4, -0.2) is 12.6 Å². The van der Waals surface area contributed by atoms with E-state index in [-0.39, 0.29) is 11.9 Å². The molecule has 0 saturated carbocycles. The fraction of sp³-hybridized carbons (Fsp3) is 0.200. The van der Waals surface area contributed by atoms with Crippen molar-refractivity contribution in [2.24, 2.45) is 5.73 Å². The van der Waals surface area contributed by atoms with E-state index in [1.165, 1.54) is 12.1 Å². The Morgan fingerprint density at radius 3 is 2.68 bits per heavy atom. The molecule has 1 atom stereocenters. The van der Waals surface area contributed by atoms with Gasteiger partial charge in [0.25, 0.3) is 0 Å². The molecular weight excluding hydrogens is 265 g/mol. The Hall–Kier alpha value is -1.58. The van der Waals surface area contributed by atoms with Gasteiger partial charge in [-0.1, -0.05) is 23.7 Å². The molecule has 2 nitrogen and oxygen atoms in total. The summed E-state index contributed by atoms with van der Waals surface area (Å²) in [6, 6.07) is 10.3. The fourth-order valence-corrected chi connectivity index (χ4v) is 2.50. The molecule has 0 amide bonds. The van der Waals surface area contributed by atoms with Crippen molar-refractivity contribution < 1.29 is 9.13 Å². The van der Waals surface area contributed by atoms with Gasteiger partial charge in [0, 0.05) is 29.1 Å². The van der Waals surface area contributed by atoms with Crippen molar-refractivity contribution >= 4 is 11.6 Å². The molecule has 0 bridgehead atoms. The van der Waals surface area contributed by atoms with E-state index in [2.05, 4.69) is 0 Å². The third-order valence-corrected chi connectivity index (χ3v) is 3.53. The molecule has 0 saturated heterocycles. The Kier molecular flexibility index (Phi) is 3.17. The van der Waals surface area contributed by atoms with Crippen LogP contribution in [0.3, 0.4) is 0 Å². The fourth-order valence-electron chi connectivity index (χ4n) is 2.37. The first kappa shape index (κ1) is 12.5. The van der Waals surface area contributed by atoms with Gasteiger partial charge >= 0.3 is 0 Å². The van der Waals surface area contributed by atoms with Crippen molar-refractivity contribution in [3.05, 3.63) is 52.8 Å². The van der Waals surface area contributed by atoms with Crippen LogP contribution in [0.1, 0.15) is 5.56 Å². The molecule has 98 valence electrons. The van der Waals surface area contributed by atoms with Gasteiger partial charge in [-0.2, -0.15) is 0 Å². The van der Waals surface area contributed by atoms with Crippen molar-refractivity contribution in [1.82, 2.24) is 0 Å². The quantitative estimate of drug-likeness (QED) is 0.913. The SMILES string of the molecule is NC[C@H]1Cc2cc(F)cc(-c3ccc(Cl)cc3)c2O1. The lowest BCUT2D eigenvalue weighted by molar-refractivity contribution is 0.242. The van der Waals surface area contributed by atoms with Crippen LogP contribution in [0, 0.1) is 5.82 Å². The Balaban J connectivity index is 2.10. The Bertz CT molecular complexity index is 612. The van der Waals surface area contributed by atoms with E-state index in [0.717, 1.165) is 22.4 Å². The summed E-state index contributed by atoms with van der Waals surface area (Å²) in [6.45, 7) is 0.427. The van der Waals surface area contributed by atoms with E-state index in [0.29, 0.717) is 18.0 Å². The highest BCUT2D eigenvalue weighted by Crippen LogP contribution is 2.39. The van der Waals surface area contributed by atoms with Gasteiger partial charge in [0.2, 0.25) is 0 Å². The zero-order valence-electron chi connectivity index (χ0n) is 10.2. The first-order valence-corrected chi connectivity index (χ1v) is 6.50. The maximum Gasteiger partial charge on any atom is 0.131 e. The second kappa shape index (κ2) is 4.83. The lowest BCUT2D eigenvalue weighted by Crippen LogP contribution is -2.24. The summed E-state index contributed by atoms with van der Waals surface area (Å²) in [5.74, 6) is 0.476. The highest BCUT2D eigenvalue weighted by Gasteiger charge is 2.25. The molecule has 0 unspecified atom stereocenters. The minimum atomic E-state index is -0.259. The van der Waals surface area contributed by atoms with Crippen LogP contribution in [0.4, 0.5) is 4.39 Å². The predicted octanol–water partition coefficient (Wildman–Crippen LogP) is 3.41. The minimum absolute atomic E-state index is 0.0668. The number of rotatable bonds is 2. The van der Waals surface area contributed by atoms with E-state index in [4.69, 9.17) is 22.1 Å². The summed E-state index contributed by atoms with van der Waals surface area (Å²) < 4.78 is 19.5. The molecule has 2 N–H and O–H groups in total. The average molecular weight is 278 g/mol. The summed E-state index contributed by atoms with van der Waals surface area (Å²) in [7, 11) is 0. The van der Waals surface area contributed by atoms with Gasteiger partial charge in [-0.25, -0.2) is 4.39 Å². The molecule has 2 aromatic carbocycles. The molecule has 0 spiro atoms. The number of halogens is 2. The van der Waals surface area contributed by atoms with Crippen molar-refractivity contribution in [2.75, 3.05) is 6.54 Å². The molecule has 1 heterocycles. The van der Waals surface area contributed by atoms with Crippen molar-refractivity contribution in [1.29, 1.82) is 0 Å². The third-order valence-electron chi connectivity index (χ3n) is 3.28. The Labute approximate surface area is 115 Å². The zero-order valence-corrected chi connectivity index (χ0v) is 11.0. The van der Waals surface area contributed by atoms with Gasteiger partial charge in [0.15, 0.2) is 0 Å². The molecule has 19 heavy (non-hydrogen) atoms. The van der Waals surface area contributed by atoms with Gasteiger partial charge in [-0.3, -0.25) is 0 Å². The minimum Gasteiger partial charge on any atom is -0.488 e. The predicted molar refractivity (Wildman–Crippen MR) is 74.0 cm³/mol. The van der Waals surface area contributed by atoms with Crippen molar-refractivity contribution in [3.8, 4) is 16.9 Å². The maximum atomic E-state index is 13.7. The normalized spacial score (nSPS) is 17.1. The molecule has 4 heteroatoms. The van der Waals surface area contributed by atoms with E-state index < -0.39 is 0 Å². The summed E-state index contributed by atoms with van der Waals surface area (Å²) in [5, 5.41) is 0.651. The molecule has 0 aliphatic carbocycles. The van der Waals surface area contributed by atoms with Crippen LogP contribution < -0.4 is 10.5 Å². The van der Waals surface area contributed by atoms with E-state index in [9.17, 15) is 4.39 Å². The van der Waals surface area contributed by atoms with Crippen LogP contribution in [0.15, 0.2) is 36.4 Å². The average Bonchev–Trinajstić information content (AvgIpc) is 2.81. The van der Waals surface area contributed by atoms with Gasteiger partial charge in [-0.15, -0.1) is 0 Å². The van der Waals surface area contributed by atoms with Crippen molar-refractivity contribution in [2.45, 2.75) is 12.5 Å². The molecule has 0 fully saturated rings. The van der Waals surface area contributed by atoms with Crippen LogP contribution in [0.5, 0.6) is 5.75 Å². The molecule has 0 aromatic heterocycles. The second-order valence-electron chi connectivity index (χ2n) is 4.63. The molecule has 1 aliphatic heterocycles. The standard InChI is InChI=1S/C15H13ClFNO/c16-11-3-1-9(2-4-11)14-7-12(17)5-10-6-13(8-18)19-15(10)14/h1-5,7,13H,6,8,18H2/t13-/m1/s1. The lowest BCUT2D eigenvalue weighted by Gasteiger charge is -2.11. The zero-order chi connectivity index (χ0) is 13.4. The maximum absolute atomic E-state index is 13.7. The topological polar surface area (TPSA) is 35.2 Å². The van der Waals surface area contributed by atoms with Crippen LogP contribution in [0.2, 0.25) is 5.02 Å². The largest absolute Gasteiger partial charge is 0.488 e. The summed E-state index contributed by atoms with van der Waals surface area (Å²) in [4.78, 5) is 0. The highest BCUT2D eigenvalue weighted by atomic mass is 35.5. The van der Waals surface area contributed by atoms with Crippen LogP contribution >= 0.6 is 11.6 Å². The van der Waals surface area contributed by atoms with E-state index >= 15 is 0 Å². The van der Waals surface area contributed by atoms with Gasteiger partial charge in [-0.05, 0) is 29.8 Å². The molecule has 1 aliphatic rings. The van der Waals surface area contributed by atoms with Crippen LogP contribution in [0.25, 0.3) is 11.1 Å². The first-order valence-electron chi connectivity index (χ1n) is 6.12. The third kappa shape index (κ3) is 2.31. The molecule has 3 rings (SSSR count). The Morgan fingerprint density at radius 2 is 2.00 bits per heavy atom. The summed E-state index contributed by atoms with van der Waals surface area (Å²) in [5.41, 5.74) is 8.14. The summed E-state index contributed by atoms with van der Waals surface area (Å²) >= 11 is 5.87. The number of fused-ring (bicyclic) bond motifs is 1. The monoisotopic (exact) mass is 277 g/mol. The van der Waals surface area contributed by atoms with Crippen LogP contribution in [-0.2, 0) is 6.42 Å². The molecule has 2 aromatic rings. The van der Waals surface area contributed by atoms with E-state index in [1.54, 1.807) is 12.1 Å². The second-order valence-corrected chi connectivity index (χ2v) is 5.06. The Morgan fingerprint density at radius 1 is 1.26 bits per heavy atom. The number of hydrogen-bond acceptors (Lipinski definition) is 2. The van der Waals surface area contributed by atoms with Gasteiger partial charge in [0.1, 0.15) is 17.7 Å². The van der Waals surface area contributed by atoms with Gasteiger partial charge in [0.05, 0.1) is 0 Å². The number of benzene rings is 2. The highest BCUT2D eigenvalue weighted by molar-refractivity contribution is 6.30. The number of ether oxygens (including phenoxy) is 1. The number of hydrogen-bond donors (Lipinski definition) is 1. The first-order chi connectivity index (χ1) is 9.17. The smallest absolute Gasteiger partial charge is 0.131 e.